The van der Waals surface area contributed by atoms with Crippen molar-refractivity contribution in [2.75, 3.05) is 128 Å². The molecule has 2 aromatic carbocycles. The summed E-state index contributed by atoms with van der Waals surface area (Å²) in [7, 11) is 0. The number of unbranched alkanes of at least 4 members (excludes halogenated alkanes) is 2. The lowest BCUT2D eigenvalue weighted by Gasteiger charge is -2.33. The van der Waals surface area contributed by atoms with Crippen LogP contribution in [0.4, 0.5) is 17.3 Å². The largest absolute Gasteiger partial charge is 0.480 e. The van der Waals surface area contributed by atoms with Gasteiger partial charge in [0.2, 0.25) is 5.95 Å². The van der Waals surface area contributed by atoms with Gasteiger partial charge in [0.15, 0.2) is 11.2 Å². The van der Waals surface area contributed by atoms with Crippen molar-refractivity contribution in [2.24, 2.45) is 0 Å². The van der Waals surface area contributed by atoms with Gasteiger partial charge in [-0.15, -0.1) is 0 Å². The van der Waals surface area contributed by atoms with Gasteiger partial charge in [-0.1, -0.05) is 24.4 Å². The summed E-state index contributed by atoms with van der Waals surface area (Å²) in [6.07, 6.45) is 5.23. The van der Waals surface area contributed by atoms with Gasteiger partial charge < -0.3 is 56.3 Å². The zero-order valence-corrected chi connectivity index (χ0v) is 45.7. The van der Waals surface area contributed by atoms with E-state index in [0.29, 0.717) is 134 Å². The number of carbonyl (C=O) groups is 6. The summed E-state index contributed by atoms with van der Waals surface area (Å²) in [5.74, 6) is -4.93. The van der Waals surface area contributed by atoms with Crippen molar-refractivity contribution < 1.29 is 63.4 Å². The summed E-state index contributed by atoms with van der Waals surface area (Å²) in [5.41, 5.74) is 8.43. The van der Waals surface area contributed by atoms with Crippen LogP contribution in [-0.2, 0) is 51.3 Å². The molecule has 1 aliphatic rings. The van der Waals surface area contributed by atoms with Gasteiger partial charge in [-0.3, -0.25) is 53.4 Å². The molecule has 0 unspecified atom stereocenters. The molecule has 1 atom stereocenters. The second-order valence-corrected chi connectivity index (χ2v) is 19.6. The fraction of sp³-hybridized carbons (Fsp3) is 0.528. The van der Waals surface area contributed by atoms with Crippen molar-refractivity contribution in [1.82, 2.24) is 44.9 Å². The minimum Gasteiger partial charge on any atom is -0.480 e. The first kappa shape index (κ1) is 63.7. The number of ether oxygens (including phenoxy) is 3. The molecule has 0 spiro atoms. The molecule has 27 heteroatoms. The number of aliphatic carboxylic acids is 4. The summed E-state index contributed by atoms with van der Waals surface area (Å²) < 4.78 is 16.9. The van der Waals surface area contributed by atoms with Gasteiger partial charge in [0, 0.05) is 102 Å². The number of carboxylic acid groups (broad SMARTS) is 4. The van der Waals surface area contributed by atoms with E-state index in [1.54, 1.807) is 26.8 Å². The molecular formula is C53H74N12O14S. The molecule has 26 nitrogen and oxygen atoms in total. The zero-order valence-electron chi connectivity index (χ0n) is 44.9. The number of benzene rings is 2. The fourth-order valence-electron chi connectivity index (χ4n) is 8.44. The molecular weight excluding hydrogens is 1060 g/mol. The molecule has 1 fully saturated rings. The number of Topliss-reactive ketones (excluding diaryl/α,β-unsaturated/α-hetero) is 1. The monoisotopic (exact) mass is 1130 g/mol. The average molecular weight is 1140 g/mol. The maximum absolute atomic E-state index is 12.9. The van der Waals surface area contributed by atoms with Gasteiger partial charge in [0.05, 0.1) is 69.5 Å². The number of aromatic amines is 1. The number of aromatic nitrogens is 4. The Labute approximate surface area is 468 Å². The van der Waals surface area contributed by atoms with E-state index in [2.05, 4.69) is 40.8 Å². The van der Waals surface area contributed by atoms with Crippen LogP contribution in [0, 0.1) is 0 Å². The van der Waals surface area contributed by atoms with Crippen LogP contribution < -0.4 is 27.2 Å². The van der Waals surface area contributed by atoms with Gasteiger partial charge >= 0.3 is 23.9 Å². The molecule has 436 valence electrons. The topological polar surface area (TPSA) is 358 Å². The van der Waals surface area contributed by atoms with E-state index in [1.807, 2.05) is 24.3 Å². The van der Waals surface area contributed by atoms with Gasteiger partial charge in [-0.25, -0.2) is 14.8 Å². The molecule has 5 rings (SSSR count). The smallest absolute Gasteiger partial charge is 0.326 e. The number of nitrogens with one attached hydrogen (secondary N) is 4. The number of carboxylic acids is 4. The number of thiocarbonyl (C=S) groups is 1. The first-order valence-electron chi connectivity index (χ1n) is 26.6. The van der Waals surface area contributed by atoms with E-state index in [4.69, 9.17) is 32.2 Å². The predicted molar refractivity (Wildman–Crippen MR) is 300 cm³/mol. The Bertz CT molecular complexity index is 2670. The second-order valence-electron chi connectivity index (χ2n) is 19.1. The highest BCUT2D eigenvalue weighted by Crippen LogP contribution is 2.16. The highest BCUT2D eigenvalue weighted by atomic mass is 32.1. The van der Waals surface area contributed by atoms with E-state index in [9.17, 15) is 54.0 Å². The third kappa shape index (κ3) is 24.9. The summed E-state index contributed by atoms with van der Waals surface area (Å²) in [6, 6.07) is 13.0. The molecule has 0 saturated carbocycles. The molecule has 4 aromatic rings. The molecule has 1 saturated heterocycles. The van der Waals surface area contributed by atoms with Crippen LogP contribution in [0.15, 0.2) is 59.5 Å². The fourth-order valence-corrected chi connectivity index (χ4v) is 8.70. The second kappa shape index (κ2) is 34.8. The number of H-pyrrole nitrogens is 1. The molecule has 1 amide bonds. The molecule has 0 bridgehead atoms. The standard InChI is InChI=1S/C53H74N12O14S/c54-53-60-49-48(51(74)61-53)58-41(32-56-49)31-55-39-13-9-38(10-14-39)50(73)59-43(52(75)76)16-15-42(66)5-1-3-25-77-27-29-79-30-28-78-26-4-2-6-44(80)57-40-11-7-37(8-12-40)33-62-17-19-63(34-45(67)68)21-23-65(36-47(71)72)24-22-64(20-18-62)35-46(69)70/h7-14,32,43,55H,1-6,15-31,33-36H2,(H,57,80)(H,59,73)(H,67,68)(H,69,70)(H,71,72)(H,75,76)(H3,54,56,60,61,74)/t43-/m0/s1. The molecule has 0 radical (unpaired) electrons. The van der Waals surface area contributed by atoms with Crippen molar-refractivity contribution in [3.63, 3.8) is 0 Å². The van der Waals surface area contributed by atoms with Crippen molar-refractivity contribution >= 4 is 81.3 Å². The molecule has 1 aliphatic heterocycles. The SMILES string of the molecule is Nc1nc2ncc(CNc3ccc(C(=O)N[C@@H](CCC(=O)CCCCOCCOCCOCCCCC(=S)Nc4ccc(CN5CCN(CC(=O)O)CCN(CC(=O)O)CCN(CC(=O)O)CC5)cc4)C(=O)O)cc3)nc2c(=O)[nH]1. The van der Waals surface area contributed by atoms with E-state index in [1.165, 1.54) is 18.3 Å². The minimum atomic E-state index is -1.25. The van der Waals surface area contributed by atoms with E-state index in [0.717, 1.165) is 24.1 Å². The number of amides is 1. The van der Waals surface area contributed by atoms with Gasteiger partial charge in [-0.2, -0.15) is 4.98 Å². The predicted octanol–water partition coefficient (Wildman–Crippen LogP) is 2.25. The van der Waals surface area contributed by atoms with Crippen molar-refractivity contribution in [2.45, 2.75) is 70.5 Å². The van der Waals surface area contributed by atoms with Gasteiger partial charge in [0.1, 0.15) is 11.8 Å². The number of hydrogen-bond acceptors (Lipinski definition) is 20. The molecule has 3 heterocycles. The number of nitrogens with zero attached hydrogens (tertiary/aromatic N) is 7. The highest BCUT2D eigenvalue weighted by molar-refractivity contribution is 7.80. The number of hydrogen-bond donors (Lipinski definition) is 9. The van der Waals surface area contributed by atoms with Crippen molar-refractivity contribution in [3.8, 4) is 0 Å². The Morgan fingerprint density at radius 1 is 0.650 bits per heavy atom. The number of rotatable bonds is 34. The highest BCUT2D eigenvalue weighted by Gasteiger charge is 2.23. The lowest BCUT2D eigenvalue weighted by Crippen LogP contribution is -2.48. The average Bonchev–Trinajstić information content (AvgIpc) is 3.42. The van der Waals surface area contributed by atoms with Crippen LogP contribution in [0.25, 0.3) is 11.2 Å². The zero-order chi connectivity index (χ0) is 57.7. The number of anilines is 3. The van der Waals surface area contributed by atoms with Crippen LogP contribution in [0.2, 0.25) is 0 Å². The van der Waals surface area contributed by atoms with Crippen LogP contribution >= 0.6 is 12.2 Å². The van der Waals surface area contributed by atoms with E-state index in [-0.39, 0.29) is 73.9 Å². The van der Waals surface area contributed by atoms with Gasteiger partial charge in [0.25, 0.3) is 11.5 Å². The molecule has 2 aromatic heterocycles. The minimum absolute atomic E-state index is 0.00144. The Morgan fingerprint density at radius 2 is 1.16 bits per heavy atom. The summed E-state index contributed by atoms with van der Waals surface area (Å²) >= 11 is 5.59. The third-order valence-corrected chi connectivity index (χ3v) is 13.1. The third-order valence-electron chi connectivity index (χ3n) is 12.8. The number of carbonyl (C=O) groups excluding carboxylic acids is 2. The number of ketones is 1. The number of nitrogen functional groups attached to an aromatic ring is 1. The lowest BCUT2D eigenvalue weighted by molar-refractivity contribution is -0.140. The summed E-state index contributed by atoms with van der Waals surface area (Å²) in [5, 5.41) is 47.1. The summed E-state index contributed by atoms with van der Waals surface area (Å²) in [6.45, 7) is 6.22. The summed E-state index contributed by atoms with van der Waals surface area (Å²) in [4.78, 5) is 107. The quantitative estimate of drug-likeness (QED) is 0.0239. The van der Waals surface area contributed by atoms with E-state index >= 15 is 0 Å². The number of fused-ring (bicyclic) bond motifs is 1. The van der Waals surface area contributed by atoms with Crippen molar-refractivity contribution in [3.05, 3.63) is 81.9 Å². The normalized spacial score (nSPS) is 14.6. The maximum atomic E-state index is 12.9. The number of nitrogens with two attached hydrogens (primary N) is 1. The van der Waals surface area contributed by atoms with Gasteiger partial charge in [-0.05, 0) is 80.5 Å². The Morgan fingerprint density at radius 3 is 1.70 bits per heavy atom. The van der Waals surface area contributed by atoms with Crippen LogP contribution in [0.5, 0.6) is 0 Å². The Hall–Kier alpha value is -7.11. The molecule has 80 heavy (non-hydrogen) atoms. The molecule has 0 aliphatic carbocycles. The lowest BCUT2D eigenvalue weighted by atomic mass is 10.0. The maximum Gasteiger partial charge on any atom is 0.326 e. The Balaban J connectivity index is 0.857. The van der Waals surface area contributed by atoms with E-state index < -0.39 is 41.4 Å². The first-order chi connectivity index (χ1) is 38.5. The van der Waals surface area contributed by atoms with Crippen LogP contribution in [0.3, 0.4) is 0 Å². The van der Waals surface area contributed by atoms with Crippen LogP contribution in [0.1, 0.15) is 73.0 Å². The van der Waals surface area contributed by atoms with Crippen molar-refractivity contribution in [1.29, 1.82) is 0 Å². The Kier molecular flexibility index (Phi) is 27.7. The first-order valence-corrected chi connectivity index (χ1v) is 27.0. The molecule has 10 N–H and O–H groups in total. The van der Waals surface area contributed by atoms with Crippen LogP contribution in [-0.4, -0.2) is 218 Å².